The highest BCUT2D eigenvalue weighted by molar-refractivity contribution is 6.09. The fourth-order valence-corrected chi connectivity index (χ4v) is 3.52. The average molecular weight is 349 g/mol. The van der Waals surface area contributed by atoms with Gasteiger partial charge in [-0.1, -0.05) is 86.6 Å². The van der Waals surface area contributed by atoms with Crippen LogP contribution < -0.4 is 0 Å². The maximum Gasteiger partial charge on any atom is 0.0465 e. The Hall–Kier alpha value is -3.32. The van der Waals surface area contributed by atoms with E-state index in [4.69, 9.17) is 0 Å². The van der Waals surface area contributed by atoms with Crippen molar-refractivity contribution >= 4 is 21.8 Å². The maximum absolute atomic E-state index is 3.54. The fourth-order valence-electron chi connectivity index (χ4n) is 3.52. The summed E-state index contributed by atoms with van der Waals surface area (Å²) >= 11 is 0. The van der Waals surface area contributed by atoms with Crippen LogP contribution in [0.25, 0.3) is 44.1 Å². The summed E-state index contributed by atoms with van der Waals surface area (Å²) in [6.45, 7) is 4.00. The van der Waals surface area contributed by atoms with E-state index in [0.717, 1.165) is 0 Å². The Kier molecular flexibility index (Phi) is 4.76. The molecular formula is C26H23N. The molecule has 0 saturated carbocycles. The first-order valence-electron chi connectivity index (χ1n) is 9.55. The monoisotopic (exact) mass is 349 g/mol. The summed E-state index contributed by atoms with van der Waals surface area (Å²) in [4.78, 5) is 3.54. The molecule has 132 valence electrons. The highest BCUT2D eigenvalue weighted by Gasteiger charge is 2.08. The summed E-state index contributed by atoms with van der Waals surface area (Å²) in [7, 11) is 0. The molecular weight excluding hydrogens is 326 g/mol. The number of H-pyrrole nitrogens is 1. The second-order valence-electron chi connectivity index (χ2n) is 6.38. The van der Waals surface area contributed by atoms with Crippen LogP contribution in [-0.2, 0) is 0 Å². The lowest BCUT2D eigenvalue weighted by Gasteiger charge is -2.03. The first-order chi connectivity index (χ1) is 13.4. The highest BCUT2D eigenvalue weighted by Crippen LogP contribution is 2.32. The lowest BCUT2D eigenvalue weighted by Crippen LogP contribution is -1.78. The summed E-state index contributed by atoms with van der Waals surface area (Å²) in [5.41, 5.74) is 7.36. The summed E-state index contributed by atoms with van der Waals surface area (Å²) in [6, 6.07) is 34.4. The summed E-state index contributed by atoms with van der Waals surface area (Å²) in [5.74, 6) is 0. The molecule has 4 aromatic carbocycles. The molecule has 5 aromatic rings. The van der Waals surface area contributed by atoms with Crippen LogP contribution in [0.5, 0.6) is 0 Å². The maximum atomic E-state index is 3.54. The Balaban J connectivity index is 0.000000872. The smallest absolute Gasteiger partial charge is 0.0465 e. The SMILES string of the molecule is CC.c1ccc(-c2ccc3[nH]c4ccc(-c5ccccc5)cc4c3c2)cc1. The van der Waals surface area contributed by atoms with Crippen molar-refractivity contribution in [2.45, 2.75) is 13.8 Å². The summed E-state index contributed by atoms with van der Waals surface area (Å²) < 4.78 is 0. The predicted octanol–water partition coefficient (Wildman–Crippen LogP) is 7.68. The molecule has 0 aliphatic rings. The van der Waals surface area contributed by atoms with Crippen molar-refractivity contribution < 1.29 is 0 Å². The van der Waals surface area contributed by atoms with Gasteiger partial charge < -0.3 is 4.98 Å². The Morgan fingerprint density at radius 2 is 0.852 bits per heavy atom. The van der Waals surface area contributed by atoms with Crippen molar-refractivity contribution in [3.8, 4) is 22.3 Å². The van der Waals surface area contributed by atoms with Crippen molar-refractivity contribution in [1.82, 2.24) is 4.98 Å². The van der Waals surface area contributed by atoms with E-state index in [2.05, 4.69) is 102 Å². The van der Waals surface area contributed by atoms with Crippen LogP contribution >= 0.6 is 0 Å². The number of nitrogens with one attached hydrogen (secondary N) is 1. The minimum atomic E-state index is 1.18. The Bertz CT molecular complexity index is 1070. The van der Waals surface area contributed by atoms with Gasteiger partial charge in [-0.3, -0.25) is 0 Å². The zero-order chi connectivity index (χ0) is 18.6. The van der Waals surface area contributed by atoms with Crippen LogP contribution in [0, 0.1) is 0 Å². The van der Waals surface area contributed by atoms with Gasteiger partial charge in [-0.25, -0.2) is 0 Å². The predicted molar refractivity (Wildman–Crippen MR) is 118 cm³/mol. The number of rotatable bonds is 2. The summed E-state index contributed by atoms with van der Waals surface area (Å²) in [6.07, 6.45) is 0. The van der Waals surface area contributed by atoms with Crippen LogP contribution in [0.4, 0.5) is 0 Å². The van der Waals surface area contributed by atoms with Crippen molar-refractivity contribution in [3.05, 3.63) is 97.1 Å². The van der Waals surface area contributed by atoms with Crippen LogP contribution in [0.1, 0.15) is 13.8 Å². The van der Waals surface area contributed by atoms with Crippen molar-refractivity contribution in [2.75, 3.05) is 0 Å². The second kappa shape index (κ2) is 7.51. The van der Waals surface area contributed by atoms with Gasteiger partial charge in [-0.2, -0.15) is 0 Å². The van der Waals surface area contributed by atoms with Gasteiger partial charge in [0.25, 0.3) is 0 Å². The third-order valence-corrected chi connectivity index (χ3v) is 4.81. The topological polar surface area (TPSA) is 15.8 Å². The molecule has 0 aliphatic heterocycles. The van der Waals surface area contributed by atoms with Gasteiger partial charge in [0.15, 0.2) is 0 Å². The van der Waals surface area contributed by atoms with Gasteiger partial charge in [0.05, 0.1) is 0 Å². The quantitative estimate of drug-likeness (QED) is 0.336. The molecule has 0 spiro atoms. The number of hydrogen-bond donors (Lipinski definition) is 1. The molecule has 1 nitrogen and oxygen atoms in total. The Labute approximate surface area is 160 Å². The average Bonchev–Trinajstić information content (AvgIpc) is 3.13. The standard InChI is InChI=1S/C24H17N.C2H6/c1-3-7-17(8-4-1)19-11-13-23-21(15-19)22-16-20(12-14-24(22)25-23)18-9-5-2-6-10-18;1-2/h1-16,25H;1-2H3. The van der Waals surface area contributed by atoms with E-state index in [1.807, 2.05) is 13.8 Å². The molecule has 1 heterocycles. The van der Waals surface area contributed by atoms with Gasteiger partial charge in [-0.05, 0) is 46.5 Å². The van der Waals surface area contributed by atoms with E-state index in [1.165, 1.54) is 44.1 Å². The van der Waals surface area contributed by atoms with E-state index in [-0.39, 0.29) is 0 Å². The fraction of sp³-hybridized carbons (Fsp3) is 0.0769. The largest absolute Gasteiger partial charge is 0.355 e. The van der Waals surface area contributed by atoms with E-state index in [0.29, 0.717) is 0 Å². The zero-order valence-corrected chi connectivity index (χ0v) is 15.7. The molecule has 0 unspecified atom stereocenters. The van der Waals surface area contributed by atoms with Gasteiger partial charge >= 0.3 is 0 Å². The van der Waals surface area contributed by atoms with E-state index in [9.17, 15) is 0 Å². The van der Waals surface area contributed by atoms with Crippen molar-refractivity contribution in [3.63, 3.8) is 0 Å². The number of aromatic nitrogens is 1. The van der Waals surface area contributed by atoms with E-state index in [1.54, 1.807) is 0 Å². The van der Waals surface area contributed by atoms with Crippen LogP contribution in [0.15, 0.2) is 97.1 Å². The molecule has 0 radical (unpaired) electrons. The van der Waals surface area contributed by atoms with Crippen LogP contribution in [-0.4, -0.2) is 4.98 Å². The number of benzene rings is 4. The molecule has 0 fully saturated rings. The van der Waals surface area contributed by atoms with Crippen LogP contribution in [0.3, 0.4) is 0 Å². The molecule has 27 heavy (non-hydrogen) atoms. The Morgan fingerprint density at radius 1 is 0.444 bits per heavy atom. The third kappa shape index (κ3) is 3.24. The number of aromatic amines is 1. The molecule has 1 heteroatoms. The number of fused-ring (bicyclic) bond motifs is 3. The highest BCUT2D eigenvalue weighted by atomic mass is 14.7. The Morgan fingerprint density at radius 3 is 1.26 bits per heavy atom. The van der Waals surface area contributed by atoms with Gasteiger partial charge in [-0.15, -0.1) is 0 Å². The van der Waals surface area contributed by atoms with Crippen LogP contribution in [0.2, 0.25) is 0 Å². The molecule has 0 atom stereocenters. The second-order valence-corrected chi connectivity index (χ2v) is 6.38. The number of hydrogen-bond acceptors (Lipinski definition) is 0. The lowest BCUT2D eigenvalue weighted by atomic mass is 10.0. The first-order valence-corrected chi connectivity index (χ1v) is 9.55. The third-order valence-electron chi connectivity index (χ3n) is 4.81. The van der Waals surface area contributed by atoms with Crippen molar-refractivity contribution in [1.29, 1.82) is 0 Å². The lowest BCUT2D eigenvalue weighted by molar-refractivity contribution is 1.50. The van der Waals surface area contributed by atoms with Gasteiger partial charge in [0.1, 0.15) is 0 Å². The molecule has 0 bridgehead atoms. The van der Waals surface area contributed by atoms with E-state index >= 15 is 0 Å². The van der Waals surface area contributed by atoms with Gasteiger partial charge in [0, 0.05) is 21.8 Å². The molecule has 0 amide bonds. The first kappa shape index (κ1) is 17.1. The van der Waals surface area contributed by atoms with E-state index < -0.39 is 0 Å². The minimum Gasteiger partial charge on any atom is -0.355 e. The normalized spacial score (nSPS) is 10.6. The zero-order valence-electron chi connectivity index (χ0n) is 15.7. The summed E-state index contributed by atoms with van der Waals surface area (Å²) in [5, 5.41) is 2.54. The van der Waals surface area contributed by atoms with Gasteiger partial charge in [0.2, 0.25) is 0 Å². The minimum absolute atomic E-state index is 1.18. The molecule has 5 rings (SSSR count). The van der Waals surface area contributed by atoms with Crippen molar-refractivity contribution in [2.24, 2.45) is 0 Å². The molecule has 0 aliphatic carbocycles. The molecule has 1 aromatic heterocycles. The molecule has 1 N–H and O–H groups in total. The molecule has 0 saturated heterocycles.